The predicted molar refractivity (Wildman–Crippen MR) is 109 cm³/mol. The van der Waals surface area contributed by atoms with Crippen molar-refractivity contribution in [3.63, 3.8) is 0 Å². The molecule has 0 aromatic heterocycles. The third kappa shape index (κ3) is 3.94. The molecule has 3 nitrogen and oxygen atoms in total. The van der Waals surface area contributed by atoms with Crippen molar-refractivity contribution in [2.24, 2.45) is 11.8 Å². The van der Waals surface area contributed by atoms with Gasteiger partial charge in [0.25, 0.3) is 0 Å². The zero-order valence-corrected chi connectivity index (χ0v) is 16.9. The van der Waals surface area contributed by atoms with Crippen LogP contribution in [0.3, 0.4) is 0 Å². The molecule has 3 heteroatoms. The maximum Gasteiger partial charge on any atom is 0.316 e. The summed E-state index contributed by atoms with van der Waals surface area (Å²) in [6.07, 6.45) is 11.6. The summed E-state index contributed by atoms with van der Waals surface area (Å²) in [5.74, 6) is 1.41. The van der Waals surface area contributed by atoms with Crippen molar-refractivity contribution >= 4 is 5.97 Å². The molecule has 148 valence electrons. The van der Waals surface area contributed by atoms with Crippen LogP contribution in [0, 0.1) is 11.8 Å². The molecule has 0 N–H and O–H groups in total. The number of hydrogen-bond acceptors (Lipinski definition) is 3. The zero-order chi connectivity index (χ0) is 18.7. The molecular formula is C24H35NO2. The van der Waals surface area contributed by atoms with Crippen LogP contribution >= 0.6 is 0 Å². The summed E-state index contributed by atoms with van der Waals surface area (Å²) in [5.41, 5.74) is 0.752. The van der Waals surface area contributed by atoms with Gasteiger partial charge in [-0.1, -0.05) is 62.4 Å². The van der Waals surface area contributed by atoms with E-state index in [4.69, 9.17) is 4.74 Å². The first kappa shape index (κ1) is 19.0. The van der Waals surface area contributed by atoms with Crippen molar-refractivity contribution < 1.29 is 9.53 Å². The van der Waals surface area contributed by atoms with Crippen molar-refractivity contribution in [3.8, 4) is 0 Å². The zero-order valence-electron chi connectivity index (χ0n) is 16.9. The largest absolute Gasteiger partial charge is 0.461 e. The fraction of sp³-hybridized carbons (Fsp3) is 0.708. The van der Waals surface area contributed by atoms with Gasteiger partial charge in [0.15, 0.2) is 0 Å². The summed E-state index contributed by atoms with van der Waals surface area (Å²) >= 11 is 0. The molecule has 27 heavy (non-hydrogen) atoms. The second-order valence-corrected chi connectivity index (χ2v) is 9.20. The van der Waals surface area contributed by atoms with Crippen LogP contribution in [0.1, 0.15) is 69.8 Å². The van der Waals surface area contributed by atoms with Crippen LogP contribution in [0.4, 0.5) is 0 Å². The molecule has 2 unspecified atom stereocenters. The van der Waals surface area contributed by atoms with Crippen LogP contribution in [0.5, 0.6) is 0 Å². The fourth-order valence-electron chi connectivity index (χ4n) is 5.64. The molecule has 1 saturated heterocycles. The standard InChI is InChI=1S/C24H35NO2/c1-25-16-12-19-18-22(21(19)13-17-25)27-23(26)24(20-10-6-5-7-11-20)14-8-3-2-4-9-15-24/h5-7,10-11,19,21-22H,2-4,8-9,12-18H2,1H3/t19?,21?,22-/m0/s1. The van der Waals surface area contributed by atoms with Crippen molar-refractivity contribution in [1.82, 2.24) is 4.90 Å². The number of benzene rings is 1. The lowest BCUT2D eigenvalue weighted by Gasteiger charge is -2.45. The summed E-state index contributed by atoms with van der Waals surface area (Å²) in [6, 6.07) is 10.5. The number of rotatable bonds is 3. The topological polar surface area (TPSA) is 29.5 Å². The third-order valence-electron chi connectivity index (χ3n) is 7.53. The molecule has 3 fully saturated rings. The van der Waals surface area contributed by atoms with Crippen molar-refractivity contribution in [2.75, 3.05) is 20.1 Å². The molecule has 1 aromatic rings. The molecule has 1 heterocycles. The summed E-state index contributed by atoms with van der Waals surface area (Å²) in [6.45, 7) is 2.33. The molecule has 0 radical (unpaired) electrons. The van der Waals surface area contributed by atoms with Gasteiger partial charge in [0, 0.05) is 5.92 Å². The lowest BCUT2D eigenvalue weighted by molar-refractivity contribution is -0.172. The number of carbonyl (C=O) groups is 1. The minimum absolute atomic E-state index is 0.0663. The Morgan fingerprint density at radius 1 is 1.00 bits per heavy atom. The number of likely N-dealkylation sites (tertiary alicyclic amines) is 1. The molecule has 3 aliphatic rings. The van der Waals surface area contributed by atoms with Gasteiger partial charge in [0.05, 0.1) is 5.41 Å². The second kappa shape index (κ2) is 8.34. The van der Waals surface area contributed by atoms with E-state index in [0.717, 1.165) is 44.6 Å². The van der Waals surface area contributed by atoms with Gasteiger partial charge in [-0.25, -0.2) is 0 Å². The first-order valence-electron chi connectivity index (χ1n) is 11.1. The van der Waals surface area contributed by atoms with E-state index >= 15 is 0 Å². The van der Waals surface area contributed by atoms with Gasteiger partial charge < -0.3 is 9.64 Å². The number of ether oxygens (including phenoxy) is 1. The molecule has 2 aliphatic carbocycles. The summed E-state index contributed by atoms with van der Waals surface area (Å²) in [4.78, 5) is 16.0. The third-order valence-corrected chi connectivity index (χ3v) is 7.53. The van der Waals surface area contributed by atoms with E-state index in [-0.39, 0.29) is 12.1 Å². The molecule has 1 aliphatic heterocycles. The van der Waals surface area contributed by atoms with Crippen molar-refractivity contribution in [3.05, 3.63) is 35.9 Å². The molecule has 4 rings (SSSR count). The first-order valence-corrected chi connectivity index (χ1v) is 11.1. The highest BCUT2D eigenvalue weighted by Crippen LogP contribution is 2.46. The molecular weight excluding hydrogens is 334 g/mol. The van der Waals surface area contributed by atoms with Gasteiger partial charge in [-0.15, -0.1) is 0 Å². The van der Waals surface area contributed by atoms with E-state index in [1.807, 2.05) is 6.07 Å². The van der Waals surface area contributed by atoms with Crippen LogP contribution in [-0.4, -0.2) is 37.1 Å². The quantitative estimate of drug-likeness (QED) is 0.707. The van der Waals surface area contributed by atoms with Crippen molar-refractivity contribution in [1.29, 1.82) is 0 Å². The Labute approximate surface area is 164 Å². The normalized spacial score (nSPS) is 31.5. The lowest BCUT2D eigenvalue weighted by Crippen LogP contribution is -2.48. The van der Waals surface area contributed by atoms with E-state index < -0.39 is 5.41 Å². The average Bonchev–Trinajstić information content (AvgIpc) is 2.78. The Hall–Kier alpha value is -1.35. The molecule has 3 atom stereocenters. The highest BCUT2D eigenvalue weighted by atomic mass is 16.5. The van der Waals surface area contributed by atoms with Crippen LogP contribution in [-0.2, 0) is 14.9 Å². The van der Waals surface area contributed by atoms with Crippen LogP contribution in [0.15, 0.2) is 30.3 Å². The fourth-order valence-corrected chi connectivity index (χ4v) is 5.64. The maximum atomic E-state index is 13.6. The Bertz CT molecular complexity index is 621. The van der Waals surface area contributed by atoms with E-state index in [2.05, 4.69) is 36.2 Å². The molecule has 0 amide bonds. The van der Waals surface area contributed by atoms with E-state index in [9.17, 15) is 4.79 Å². The first-order chi connectivity index (χ1) is 13.2. The van der Waals surface area contributed by atoms with Crippen LogP contribution in [0.25, 0.3) is 0 Å². The number of carbonyl (C=O) groups excluding carboxylic acids is 1. The highest BCUT2D eigenvalue weighted by Gasteiger charge is 2.48. The van der Waals surface area contributed by atoms with Gasteiger partial charge in [0.2, 0.25) is 0 Å². The maximum absolute atomic E-state index is 13.6. The summed E-state index contributed by atoms with van der Waals surface area (Å²) < 4.78 is 6.28. The van der Waals surface area contributed by atoms with E-state index in [1.54, 1.807) is 0 Å². The predicted octanol–water partition coefficient (Wildman–Crippen LogP) is 4.94. The summed E-state index contributed by atoms with van der Waals surface area (Å²) in [5, 5.41) is 0. The Morgan fingerprint density at radius 3 is 2.41 bits per heavy atom. The highest BCUT2D eigenvalue weighted by molar-refractivity contribution is 5.83. The lowest BCUT2D eigenvalue weighted by atomic mass is 9.67. The van der Waals surface area contributed by atoms with Crippen LogP contribution < -0.4 is 0 Å². The number of fused-ring (bicyclic) bond motifs is 1. The smallest absolute Gasteiger partial charge is 0.316 e. The van der Waals surface area contributed by atoms with Crippen LogP contribution in [0.2, 0.25) is 0 Å². The molecule has 1 aromatic carbocycles. The van der Waals surface area contributed by atoms with Crippen molar-refractivity contribution in [2.45, 2.75) is 75.7 Å². The minimum atomic E-state index is -0.422. The summed E-state index contributed by atoms with van der Waals surface area (Å²) in [7, 11) is 2.21. The van der Waals surface area contributed by atoms with Gasteiger partial charge >= 0.3 is 5.97 Å². The van der Waals surface area contributed by atoms with E-state index in [1.165, 1.54) is 44.2 Å². The molecule has 0 bridgehead atoms. The van der Waals surface area contributed by atoms with E-state index in [0.29, 0.717) is 5.92 Å². The average molecular weight is 370 g/mol. The second-order valence-electron chi connectivity index (χ2n) is 9.20. The Morgan fingerprint density at radius 2 is 1.67 bits per heavy atom. The Balaban J connectivity index is 1.51. The Kier molecular flexibility index (Phi) is 5.87. The molecule has 0 spiro atoms. The van der Waals surface area contributed by atoms with Gasteiger partial charge in [-0.05, 0) is 63.7 Å². The van der Waals surface area contributed by atoms with Gasteiger partial charge in [0.1, 0.15) is 6.10 Å². The minimum Gasteiger partial charge on any atom is -0.461 e. The number of hydrogen-bond donors (Lipinski definition) is 0. The number of esters is 1. The molecule has 2 saturated carbocycles. The van der Waals surface area contributed by atoms with Gasteiger partial charge in [-0.3, -0.25) is 4.79 Å². The monoisotopic (exact) mass is 369 g/mol. The SMILES string of the molecule is CN1CCC2C[C@H](OC(=O)C3(c4ccccc4)CCCCCCC3)C2CC1. The van der Waals surface area contributed by atoms with Gasteiger partial charge in [-0.2, -0.15) is 0 Å². The number of nitrogens with zero attached hydrogens (tertiary/aromatic N) is 1.